The molecule has 0 aliphatic heterocycles. The second kappa shape index (κ2) is 14.5. The number of ether oxygens (including phenoxy) is 1. The van der Waals surface area contributed by atoms with Crippen LogP contribution in [-0.2, 0) is 9.53 Å². The Morgan fingerprint density at radius 2 is 1.86 bits per heavy atom. The molecule has 1 saturated carbocycles. The minimum Gasteiger partial charge on any atom is -0.466 e. The SMILES string of the molecule is CCOC(=O)CCCCCCC1C(O)CCC1SCC(O)CCCCC(F)(F)F. The lowest BCUT2D eigenvalue weighted by Gasteiger charge is -2.23. The minimum atomic E-state index is -4.12. The average molecular weight is 443 g/mol. The standard InChI is InChI=1S/C21H37F3O4S/c1-2-28-20(27)11-6-4-3-5-10-17-18(26)12-13-19(17)29-15-16(25)9-7-8-14-21(22,23)24/h16-19,25-26H,2-15H2,1H3. The molecular weight excluding hydrogens is 405 g/mol. The van der Waals surface area contributed by atoms with Crippen molar-refractivity contribution in [1.82, 2.24) is 0 Å². The highest BCUT2D eigenvalue weighted by atomic mass is 32.2. The van der Waals surface area contributed by atoms with Crippen molar-refractivity contribution in [1.29, 1.82) is 0 Å². The Morgan fingerprint density at radius 3 is 2.55 bits per heavy atom. The van der Waals surface area contributed by atoms with Gasteiger partial charge in [0, 0.05) is 23.8 Å². The zero-order valence-corrected chi connectivity index (χ0v) is 18.3. The van der Waals surface area contributed by atoms with Crippen molar-refractivity contribution < 1.29 is 32.9 Å². The number of esters is 1. The van der Waals surface area contributed by atoms with E-state index in [1.165, 1.54) is 0 Å². The van der Waals surface area contributed by atoms with Crippen molar-refractivity contribution in [2.75, 3.05) is 12.4 Å². The van der Waals surface area contributed by atoms with E-state index in [2.05, 4.69) is 0 Å². The Kier molecular flexibility index (Phi) is 13.3. The predicted molar refractivity (Wildman–Crippen MR) is 110 cm³/mol. The summed E-state index contributed by atoms with van der Waals surface area (Å²) in [5, 5.41) is 20.6. The van der Waals surface area contributed by atoms with Gasteiger partial charge in [0.2, 0.25) is 0 Å². The second-order valence-electron chi connectivity index (χ2n) is 7.95. The molecule has 1 fully saturated rings. The molecule has 1 aliphatic rings. The summed E-state index contributed by atoms with van der Waals surface area (Å²) < 4.78 is 41.3. The molecule has 2 N–H and O–H groups in total. The van der Waals surface area contributed by atoms with E-state index in [4.69, 9.17) is 4.74 Å². The summed E-state index contributed by atoms with van der Waals surface area (Å²) in [6, 6.07) is 0. The van der Waals surface area contributed by atoms with Gasteiger partial charge in [-0.05, 0) is 51.4 Å². The molecule has 0 heterocycles. The Hall–Kier alpha value is -0.470. The quantitative estimate of drug-likeness (QED) is 0.268. The summed E-state index contributed by atoms with van der Waals surface area (Å²) in [4.78, 5) is 11.3. The zero-order chi connectivity index (χ0) is 21.7. The Balaban J connectivity index is 2.16. The van der Waals surface area contributed by atoms with Crippen LogP contribution in [0.4, 0.5) is 13.2 Å². The maximum absolute atomic E-state index is 12.1. The van der Waals surface area contributed by atoms with Gasteiger partial charge >= 0.3 is 12.1 Å². The molecule has 172 valence electrons. The molecule has 0 spiro atoms. The van der Waals surface area contributed by atoms with Gasteiger partial charge < -0.3 is 14.9 Å². The molecule has 1 aliphatic carbocycles. The summed E-state index contributed by atoms with van der Waals surface area (Å²) in [7, 11) is 0. The number of alkyl halides is 3. The number of carbonyl (C=O) groups excluding carboxylic acids is 1. The first-order chi connectivity index (χ1) is 13.7. The number of hydrogen-bond donors (Lipinski definition) is 2. The van der Waals surface area contributed by atoms with Crippen LogP contribution in [-0.4, -0.2) is 52.2 Å². The van der Waals surface area contributed by atoms with Crippen LogP contribution in [0.1, 0.15) is 84.0 Å². The number of aliphatic hydroxyl groups excluding tert-OH is 2. The van der Waals surface area contributed by atoms with E-state index in [0.717, 1.165) is 44.9 Å². The lowest BCUT2D eigenvalue weighted by molar-refractivity contribution is -0.143. The summed E-state index contributed by atoms with van der Waals surface area (Å²) in [6.07, 6.45) is 1.91. The Labute approximate surface area is 177 Å². The fourth-order valence-electron chi connectivity index (χ4n) is 3.86. The summed E-state index contributed by atoms with van der Waals surface area (Å²) in [5.41, 5.74) is 0. The van der Waals surface area contributed by atoms with Gasteiger partial charge in [-0.2, -0.15) is 24.9 Å². The second-order valence-corrected chi connectivity index (χ2v) is 9.23. The summed E-state index contributed by atoms with van der Waals surface area (Å²) >= 11 is 1.65. The van der Waals surface area contributed by atoms with Crippen LogP contribution in [0.25, 0.3) is 0 Å². The first kappa shape index (κ1) is 26.6. The van der Waals surface area contributed by atoms with Crippen LogP contribution < -0.4 is 0 Å². The molecule has 8 heteroatoms. The lowest BCUT2D eigenvalue weighted by Crippen LogP contribution is -2.22. The summed E-state index contributed by atoms with van der Waals surface area (Å²) in [6.45, 7) is 2.21. The molecule has 29 heavy (non-hydrogen) atoms. The number of hydrogen-bond acceptors (Lipinski definition) is 5. The lowest BCUT2D eigenvalue weighted by atomic mass is 9.97. The van der Waals surface area contributed by atoms with Gasteiger partial charge in [-0.3, -0.25) is 4.79 Å². The van der Waals surface area contributed by atoms with E-state index < -0.39 is 18.7 Å². The van der Waals surface area contributed by atoms with Crippen molar-refractivity contribution in [3.05, 3.63) is 0 Å². The maximum Gasteiger partial charge on any atom is 0.389 e. The van der Waals surface area contributed by atoms with E-state index in [9.17, 15) is 28.2 Å². The highest BCUT2D eigenvalue weighted by Crippen LogP contribution is 2.39. The number of rotatable bonds is 15. The van der Waals surface area contributed by atoms with Crippen molar-refractivity contribution >= 4 is 17.7 Å². The largest absolute Gasteiger partial charge is 0.466 e. The number of thioether (sulfide) groups is 1. The van der Waals surface area contributed by atoms with E-state index in [1.54, 1.807) is 18.7 Å². The molecule has 4 atom stereocenters. The first-order valence-corrected chi connectivity index (χ1v) is 12.0. The zero-order valence-electron chi connectivity index (χ0n) is 17.5. The molecule has 0 aromatic carbocycles. The van der Waals surface area contributed by atoms with Gasteiger partial charge in [0.05, 0.1) is 18.8 Å². The molecule has 1 rings (SSSR count). The smallest absolute Gasteiger partial charge is 0.389 e. The number of carbonyl (C=O) groups is 1. The van der Waals surface area contributed by atoms with Crippen LogP contribution in [0.2, 0.25) is 0 Å². The molecule has 0 aromatic heterocycles. The van der Waals surface area contributed by atoms with E-state index in [1.807, 2.05) is 0 Å². The summed E-state index contributed by atoms with van der Waals surface area (Å²) in [5.74, 6) is 0.578. The van der Waals surface area contributed by atoms with Crippen molar-refractivity contribution in [3.8, 4) is 0 Å². The van der Waals surface area contributed by atoms with Crippen molar-refractivity contribution in [3.63, 3.8) is 0 Å². The fourth-order valence-corrected chi connectivity index (χ4v) is 5.36. The molecular formula is C21H37F3O4S. The third-order valence-electron chi connectivity index (χ3n) is 5.44. The van der Waals surface area contributed by atoms with E-state index in [0.29, 0.717) is 36.9 Å². The van der Waals surface area contributed by atoms with Crippen LogP contribution in [0.3, 0.4) is 0 Å². The predicted octanol–water partition coefficient (Wildman–Crippen LogP) is 5.25. The van der Waals surface area contributed by atoms with Crippen LogP contribution in [0.15, 0.2) is 0 Å². The van der Waals surface area contributed by atoms with E-state index in [-0.39, 0.29) is 24.4 Å². The number of unbranched alkanes of at least 4 members (excludes halogenated alkanes) is 4. The normalized spacial score (nSPS) is 23.3. The first-order valence-electron chi connectivity index (χ1n) is 10.9. The highest BCUT2D eigenvalue weighted by molar-refractivity contribution is 7.99. The Morgan fingerprint density at radius 1 is 1.14 bits per heavy atom. The topological polar surface area (TPSA) is 66.8 Å². The van der Waals surface area contributed by atoms with Crippen LogP contribution in [0, 0.1) is 5.92 Å². The molecule has 4 nitrogen and oxygen atoms in total. The third-order valence-corrected chi connectivity index (χ3v) is 7.03. The van der Waals surface area contributed by atoms with Crippen LogP contribution in [0.5, 0.6) is 0 Å². The average Bonchev–Trinajstić information content (AvgIpc) is 2.99. The maximum atomic E-state index is 12.1. The molecule has 0 radical (unpaired) electrons. The highest BCUT2D eigenvalue weighted by Gasteiger charge is 2.34. The Bertz CT molecular complexity index is 448. The van der Waals surface area contributed by atoms with Gasteiger partial charge in [0.1, 0.15) is 0 Å². The molecule has 0 aromatic rings. The minimum absolute atomic E-state index is 0.0617. The van der Waals surface area contributed by atoms with Gasteiger partial charge in [-0.25, -0.2) is 0 Å². The van der Waals surface area contributed by atoms with E-state index >= 15 is 0 Å². The molecule has 4 unspecified atom stereocenters. The molecule has 0 bridgehead atoms. The van der Waals surface area contributed by atoms with Crippen LogP contribution >= 0.6 is 11.8 Å². The van der Waals surface area contributed by atoms with Gasteiger partial charge in [0.25, 0.3) is 0 Å². The molecule has 0 saturated heterocycles. The van der Waals surface area contributed by atoms with Crippen molar-refractivity contribution in [2.24, 2.45) is 5.92 Å². The van der Waals surface area contributed by atoms with Crippen molar-refractivity contribution in [2.45, 2.75) is 108 Å². The monoisotopic (exact) mass is 442 g/mol. The fraction of sp³-hybridized carbons (Fsp3) is 0.952. The molecule has 0 amide bonds. The van der Waals surface area contributed by atoms with Gasteiger partial charge in [-0.1, -0.05) is 25.7 Å². The third kappa shape index (κ3) is 12.7. The van der Waals surface area contributed by atoms with Gasteiger partial charge in [-0.15, -0.1) is 0 Å². The number of aliphatic hydroxyl groups is 2. The number of halogens is 3. The van der Waals surface area contributed by atoms with Gasteiger partial charge in [0.15, 0.2) is 0 Å².